The molecule has 14 heavy (non-hydrogen) atoms. The van der Waals surface area contributed by atoms with Crippen molar-refractivity contribution in [3.8, 4) is 0 Å². The van der Waals surface area contributed by atoms with Crippen molar-refractivity contribution < 1.29 is 9.53 Å². The Kier molecular flexibility index (Phi) is 4.27. The van der Waals surface area contributed by atoms with Crippen LogP contribution in [0.15, 0.2) is 42.8 Å². The molecule has 0 radical (unpaired) electrons. The first-order valence-corrected chi connectivity index (χ1v) is 4.34. The maximum Gasteiger partial charge on any atom is 0.228 e. The summed E-state index contributed by atoms with van der Waals surface area (Å²) in [5, 5.41) is 2.59. The molecule has 0 saturated carbocycles. The van der Waals surface area contributed by atoms with Gasteiger partial charge in [0.2, 0.25) is 5.91 Å². The molecule has 3 heteroatoms. The van der Waals surface area contributed by atoms with E-state index in [4.69, 9.17) is 0 Å². The van der Waals surface area contributed by atoms with Crippen LogP contribution in [0.1, 0.15) is 5.56 Å². The summed E-state index contributed by atoms with van der Waals surface area (Å²) < 4.78 is 4.65. The zero-order valence-corrected chi connectivity index (χ0v) is 8.07. The molecular weight excluding hydrogens is 178 g/mol. The van der Waals surface area contributed by atoms with Gasteiger partial charge >= 0.3 is 0 Å². The molecule has 0 bridgehead atoms. The minimum atomic E-state index is -0.0514. The highest BCUT2D eigenvalue weighted by Gasteiger charge is 1.99. The monoisotopic (exact) mass is 191 g/mol. The average molecular weight is 191 g/mol. The van der Waals surface area contributed by atoms with Crippen LogP contribution in [-0.2, 0) is 16.0 Å². The van der Waals surface area contributed by atoms with Gasteiger partial charge in [-0.15, -0.1) is 0 Å². The van der Waals surface area contributed by atoms with Gasteiger partial charge in [0, 0.05) is 6.20 Å². The molecule has 0 aliphatic rings. The van der Waals surface area contributed by atoms with Crippen molar-refractivity contribution in [1.82, 2.24) is 5.32 Å². The van der Waals surface area contributed by atoms with Crippen molar-refractivity contribution in [1.29, 1.82) is 0 Å². The fourth-order valence-corrected chi connectivity index (χ4v) is 1.03. The summed E-state index contributed by atoms with van der Waals surface area (Å²) in [5.41, 5.74) is 0.996. The summed E-state index contributed by atoms with van der Waals surface area (Å²) in [7, 11) is 1.53. The van der Waals surface area contributed by atoms with Crippen LogP contribution in [0.5, 0.6) is 0 Å². The van der Waals surface area contributed by atoms with Gasteiger partial charge in [-0.1, -0.05) is 30.3 Å². The molecule has 0 heterocycles. The van der Waals surface area contributed by atoms with Crippen LogP contribution in [0.3, 0.4) is 0 Å². The molecule has 0 fully saturated rings. The average Bonchev–Trinajstić information content (AvgIpc) is 2.20. The molecule has 74 valence electrons. The number of ether oxygens (including phenoxy) is 1. The minimum Gasteiger partial charge on any atom is -0.503 e. The lowest BCUT2D eigenvalue weighted by Gasteiger charge is -1.99. The van der Waals surface area contributed by atoms with Gasteiger partial charge in [-0.3, -0.25) is 4.79 Å². The van der Waals surface area contributed by atoms with E-state index >= 15 is 0 Å². The number of nitrogens with one attached hydrogen (secondary N) is 1. The van der Waals surface area contributed by atoms with Gasteiger partial charge in [0.15, 0.2) is 0 Å². The Morgan fingerprint density at radius 1 is 1.43 bits per heavy atom. The van der Waals surface area contributed by atoms with E-state index in [1.54, 1.807) is 0 Å². The van der Waals surface area contributed by atoms with E-state index in [2.05, 4.69) is 10.1 Å². The number of carbonyl (C=O) groups is 1. The van der Waals surface area contributed by atoms with Crippen molar-refractivity contribution in [2.24, 2.45) is 0 Å². The molecule has 1 rings (SSSR count). The standard InChI is InChI=1S/C11H13NO2/c1-14-8-7-12-11(13)9-10-5-3-2-4-6-10/h2-8H,9H2,1H3,(H,12,13)/b8-7+. The fraction of sp³-hybridized carbons (Fsp3) is 0.182. The molecule has 1 N–H and O–H groups in total. The van der Waals surface area contributed by atoms with Gasteiger partial charge in [-0.25, -0.2) is 0 Å². The Bertz CT molecular complexity index is 306. The zero-order chi connectivity index (χ0) is 10.2. The summed E-state index contributed by atoms with van der Waals surface area (Å²) in [6.45, 7) is 0. The summed E-state index contributed by atoms with van der Waals surface area (Å²) in [6.07, 6.45) is 3.28. The molecule has 1 aromatic carbocycles. The maximum absolute atomic E-state index is 11.3. The third-order valence-corrected chi connectivity index (χ3v) is 1.66. The second-order valence-corrected chi connectivity index (χ2v) is 2.77. The quantitative estimate of drug-likeness (QED) is 0.732. The third kappa shape index (κ3) is 3.76. The van der Waals surface area contributed by atoms with Gasteiger partial charge in [-0.05, 0) is 5.56 Å². The van der Waals surface area contributed by atoms with Crippen LogP contribution < -0.4 is 5.32 Å². The summed E-state index contributed by atoms with van der Waals surface area (Å²) >= 11 is 0. The Labute approximate surface area is 83.4 Å². The Morgan fingerprint density at radius 3 is 2.79 bits per heavy atom. The van der Waals surface area contributed by atoms with E-state index in [9.17, 15) is 4.79 Å². The smallest absolute Gasteiger partial charge is 0.228 e. The van der Waals surface area contributed by atoms with E-state index in [0.29, 0.717) is 6.42 Å². The lowest BCUT2D eigenvalue weighted by Crippen LogP contribution is -2.19. The van der Waals surface area contributed by atoms with Crippen LogP contribution in [0.4, 0.5) is 0 Å². The highest BCUT2D eigenvalue weighted by atomic mass is 16.5. The fourth-order valence-electron chi connectivity index (χ4n) is 1.03. The SMILES string of the molecule is CO/C=C/NC(=O)Cc1ccccc1. The van der Waals surface area contributed by atoms with Gasteiger partial charge in [-0.2, -0.15) is 0 Å². The van der Waals surface area contributed by atoms with Gasteiger partial charge in [0.1, 0.15) is 0 Å². The first-order chi connectivity index (χ1) is 6.83. The summed E-state index contributed by atoms with van der Waals surface area (Å²) in [6, 6.07) is 9.58. The molecule has 1 amide bonds. The van der Waals surface area contributed by atoms with Crippen LogP contribution in [0.2, 0.25) is 0 Å². The molecule has 3 nitrogen and oxygen atoms in total. The van der Waals surface area contributed by atoms with E-state index in [1.807, 2.05) is 30.3 Å². The first-order valence-electron chi connectivity index (χ1n) is 4.34. The second-order valence-electron chi connectivity index (χ2n) is 2.77. The van der Waals surface area contributed by atoms with Gasteiger partial charge in [0.05, 0.1) is 19.8 Å². The Hall–Kier alpha value is -1.77. The highest BCUT2D eigenvalue weighted by Crippen LogP contribution is 1.98. The highest BCUT2D eigenvalue weighted by molar-refractivity contribution is 5.79. The largest absolute Gasteiger partial charge is 0.503 e. The van der Waals surface area contributed by atoms with Crippen molar-refractivity contribution in [3.05, 3.63) is 48.4 Å². The molecule has 0 aromatic heterocycles. The first kappa shape index (κ1) is 10.3. The molecule has 1 aromatic rings. The van der Waals surface area contributed by atoms with Crippen molar-refractivity contribution in [3.63, 3.8) is 0 Å². The molecule has 0 aliphatic carbocycles. The predicted octanol–water partition coefficient (Wildman–Crippen LogP) is 1.46. The molecule has 0 aliphatic heterocycles. The predicted molar refractivity (Wildman–Crippen MR) is 54.4 cm³/mol. The number of benzene rings is 1. The van der Waals surface area contributed by atoms with Crippen molar-refractivity contribution in [2.45, 2.75) is 6.42 Å². The van der Waals surface area contributed by atoms with E-state index < -0.39 is 0 Å². The van der Waals surface area contributed by atoms with E-state index in [-0.39, 0.29) is 5.91 Å². The van der Waals surface area contributed by atoms with Crippen molar-refractivity contribution in [2.75, 3.05) is 7.11 Å². The molecule has 0 saturated heterocycles. The normalized spacial score (nSPS) is 10.1. The number of hydrogen-bond donors (Lipinski definition) is 1. The van der Waals surface area contributed by atoms with Crippen LogP contribution in [0.25, 0.3) is 0 Å². The van der Waals surface area contributed by atoms with Crippen LogP contribution in [-0.4, -0.2) is 13.0 Å². The van der Waals surface area contributed by atoms with E-state index in [0.717, 1.165) is 5.56 Å². The summed E-state index contributed by atoms with van der Waals surface area (Å²) in [5.74, 6) is -0.0514. The van der Waals surface area contributed by atoms with Crippen LogP contribution >= 0.6 is 0 Å². The number of rotatable bonds is 4. The Morgan fingerprint density at radius 2 is 2.14 bits per heavy atom. The molecule has 0 unspecified atom stereocenters. The molecule has 0 spiro atoms. The lowest BCUT2D eigenvalue weighted by atomic mass is 10.1. The van der Waals surface area contributed by atoms with E-state index in [1.165, 1.54) is 19.6 Å². The van der Waals surface area contributed by atoms with Crippen LogP contribution in [0, 0.1) is 0 Å². The second kappa shape index (κ2) is 5.80. The number of amides is 1. The van der Waals surface area contributed by atoms with Gasteiger partial charge < -0.3 is 10.1 Å². The zero-order valence-electron chi connectivity index (χ0n) is 8.07. The number of carbonyl (C=O) groups excluding carboxylic acids is 1. The molecule has 0 atom stereocenters. The maximum atomic E-state index is 11.3. The number of hydrogen-bond acceptors (Lipinski definition) is 2. The van der Waals surface area contributed by atoms with Crippen molar-refractivity contribution >= 4 is 5.91 Å². The topological polar surface area (TPSA) is 38.3 Å². The lowest BCUT2D eigenvalue weighted by molar-refractivity contribution is -0.119. The minimum absolute atomic E-state index is 0.0514. The van der Waals surface area contributed by atoms with Gasteiger partial charge in [0.25, 0.3) is 0 Å². The third-order valence-electron chi connectivity index (χ3n) is 1.66. The Balaban J connectivity index is 2.38. The summed E-state index contributed by atoms with van der Waals surface area (Å²) in [4.78, 5) is 11.3. The number of methoxy groups -OCH3 is 1. The molecular formula is C11H13NO2.